The van der Waals surface area contributed by atoms with Gasteiger partial charge in [-0.2, -0.15) is 4.98 Å². The van der Waals surface area contributed by atoms with Gasteiger partial charge in [0.2, 0.25) is 5.95 Å². The number of sulfonamides is 1. The summed E-state index contributed by atoms with van der Waals surface area (Å²) >= 11 is 3.32. The Labute approximate surface area is 159 Å². The van der Waals surface area contributed by atoms with E-state index in [1.165, 1.54) is 18.3 Å². The number of halogens is 1. The molecule has 0 fully saturated rings. The maximum Gasteiger partial charge on any atom is 0.258 e. The Kier molecular flexibility index (Phi) is 7.23. The first-order chi connectivity index (χ1) is 12.4. The van der Waals surface area contributed by atoms with Crippen molar-refractivity contribution in [3.63, 3.8) is 0 Å². The van der Waals surface area contributed by atoms with Gasteiger partial charge in [0.25, 0.3) is 10.0 Å². The third-order valence-corrected chi connectivity index (χ3v) is 5.03. The molecule has 1 atom stereocenters. The van der Waals surface area contributed by atoms with Crippen LogP contribution >= 0.6 is 15.9 Å². The molecule has 0 spiro atoms. The minimum atomic E-state index is -3.76. The molecule has 0 amide bonds. The Morgan fingerprint density at radius 3 is 2.62 bits per heavy atom. The lowest BCUT2D eigenvalue weighted by molar-refractivity contribution is 0.281. The number of aliphatic hydroxyl groups excluding tert-OH is 2. The van der Waals surface area contributed by atoms with Crippen molar-refractivity contribution in [2.24, 2.45) is 0 Å². The van der Waals surface area contributed by atoms with Crippen LogP contribution in [0.4, 0.5) is 17.5 Å². The van der Waals surface area contributed by atoms with Gasteiger partial charge < -0.3 is 20.8 Å². The highest BCUT2D eigenvalue weighted by Gasteiger charge is 2.15. The first-order valence-corrected chi connectivity index (χ1v) is 9.87. The van der Waals surface area contributed by atoms with Crippen molar-refractivity contribution in [1.29, 1.82) is 0 Å². The van der Waals surface area contributed by atoms with Crippen LogP contribution in [0.1, 0.15) is 6.92 Å². The molecule has 2 rings (SSSR count). The van der Waals surface area contributed by atoms with E-state index in [9.17, 15) is 8.42 Å². The van der Waals surface area contributed by atoms with Crippen LogP contribution in [0.25, 0.3) is 0 Å². The lowest BCUT2D eigenvalue weighted by Gasteiger charge is -2.14. The van der Waals surface area contributed by atoms with E-state index < -0.39 is 10.0 Å². The molecule has 0 aliphatic rings. The lowest BCUT2D eigenvalue weighted by Crippen LogP contribution is -2.27. The fourth-order valence-corrected chi connectivity index (χ4v) is 3.06. The number of anilines is 3. The van der Waals surface area contributed by atoms with Crippen LogP contribution in [0, 0.1) is 0 Å². The number of rotatable bonds is 9. The minimum Gasteiger partial charge on any atom is -0.395 e. The summed E-state index contributed by atoms with van der Waals surface area (Å²) in [7, 11) is -3.76. The minimum absolute atomic E-state index is 0.0522. The summed E-state index contributed by atoms with van der Waals surface area (Å²) in [6.45, 7) is 1.36. The summed E-state index contributed by atoms with van der Waals surface area (Å²) in [6.07, 6.45) is 2.88. The standard InChI is InChI=1S/C14H19BrN6O4S/c1-9(8-23)19-13-11(15)7-17-14(21-13)20-10-2-3-12(16-6-10)26(24,25)18-4-5-22/h2-3,6-7,9,18,22-23H,4-5,8H2,1H3,(H2,17,19,20,21)/t9-/m1/s1. The highest BCUT2D eigenvalue weighted by Crippen LogP contribution is 2.22. The normalized spacial score (nSPS) is 12.6. The van der Waals surface area contributed by atoms with Gasteiger partial charge >= 0.3 is 0 Å². The Balaban J connectivity index is 2.13. The number of nitrogens with zero attached hydrogens (tertiary/aromatic N) is 3. The predicted molar refractivity (Wildman–Crippen MR) is 99.7 cm³/mol. The molecule has 0 saturated heterocycles. The van der Waals surface area contributed by atoms with Gasteiger partial charge in [-0.1, -0.05) is 0 Å². The van der Waals surface area contributed by atoms with Gasteiger partial charge in [0.05, 0.1) is 29.6 Å². The van der Waals surface area contributed by atoms with Gasteiger partial charge in [0.15, 0.2) is 5.03 Å². The SMILES string of the molecule is C[C@H](CO)Nc1nc(Nc2ccc(S(=O)(=O)NCCO)nc2)ncc1Br. The zero-order valence-corrected chi connectivity index (χ0v) is 16.2. The molecule has 5 N–H and O–H groups in total. The number of hydrogen-bond donors (Lipinski definition) is 5. The summed E-state index contributed by atoms with van der Waals surface area (Å²) in [6, 6.07) is 2.66. The Morgan fingerprint density at radius 1 is 1.23 bits per heavy atom. The van der Waals surface area contributed by atoms with Crippen LogP contribution in [0.15, 0.2) is 34.0 Å². The van der Waals surface area contributed by atoms with Gasteiger partial charge in [-0.3, -0.25) is 0 Å². The fourth-order valence-electron chi connectivity index (χ4n) is 1.80. The second-order valence-corrected chi connectivity index (χ2v) is 7.82. The van der Waals surface area contributed by atoms with Crippen LogP contribution in [-0.2, 0) is 10.0 Å². The molecular formula is C14H19BrN6O4S. The van der Waals surface area contributed by atoms with Crippen LogP contribution in [0.5, 0.6) is 0 Å². The molecule has 0 aliphatic heterocycles. The molecule has 0 bridgehead atoms. The van der Waals surface area contributed by atoms with Crippen LogP contribution < -0.4 is 15.4 Å². The number of pyridine rings is 1. The van der Waals surface area contributed by atoms with E-state index in [0.717, 1.165) is 0 Å². The second-order valence-electron chi connectivity index (χ2n) is 5.25. The number of nitrogens with one attached hydrogen (secondary N) is 3. The number of aliphatic hydroxyl groups is 2. The van der Waals surface area contributed by atoms with Crippen molar-refractivity contribution in [1.82, 2.24) is 19.7 Å². The molecule has 26 heavy (non-hydrogen) atoms. The third-order valence-electron chi connectivity index (χ3n) is 3.07. The molecule has 0 aromatic carbocycles. The molecule has 0 saturated carbocycles. The molecule has 0 radical (unpaired) electrons. The average Bonchev–Trinajstić information content (AvgIpc) is 2.63. The summed E-state index contributed by atoms with van der Waals surface area (Å²) < 4.78 is 26.7. The van der Waals surface area contributed by atoms with E-state index in [1.807, 2.05) is 0 Å². The fraction of sp³-hybridized carbons (Fsp3) is 0.357. The maximum absolute atomic E-state index is 11.9. The van der Waals surface area contributed by atoms with Crippen molar-refractivity contribution in [2.45, 2.75) is 18.0 Å². The van der Waals surface area contributed by atoms with Gasteiger partial charge in [-0.25, -0.2) is 23.1 Å². The topological polar surface area (TPSA) is 149 Å². The summed E-state index contributed by atoms with van der Waals surface area (Å²) in [4.78, 5) is 12.3. The van der Waals surface area contributed by atoms with Gasteiger partial charge in [0, 0.05) is 18.8 Å². The van der Waals surface area contributed by atoms with Gasteiger partial charge in [-0.05, 0) is 35.0 Å². The van der Waals surface area contributed by atoms with E-state index in [-0.39, 0.29) is 36.8 Å². The molecular weight excluding hydrogens is 428 g/mol. The van der Waals surface area contributed by atoms with Gasteiger partial charge in [0.1, 0.15) is 5.82 Å². The van der Waals surface area contributed by atoms with E-state index in [1.54, 1.807) is 13.1 Å². The van der Waals surface area contributed by atoms with Crippen molar-refractivity contribution in [3.05, 3.63) is 29.0 Å². The summed E-state index contributed by atoms with van der Waals surface area (Å²) in [5.41, 5.74) is 0.495. The quantitative estimate of drug-likeness (QED) is 0.369. The molecule has 0 aliphatic carbocycles. The zero-order valence-electron chi connectivity index (χ0n) is 13.8. The Bertz CT molecular complexity index is 834. The smallest absolute Gasteiger partial charge is 0.258 e. The first kappa shape index (κ1) is 20.5. The van der Waals surface area contributed by atoms with Crippen molar-refractivity contribution in [3.8, 4) is 0 Å². The van der Waals surface area contributed by atoms with E-state index in [0.29, 0.717) is 16.0 Å². The van der Waals surface area contributed by atoms with Crippen molar-refractivity contribution in [2.75, 3.05) is 30.4 Å². The van der Waals surface area contributed by atoms with Crippen LogP contribution in [0.3, 0.4) is 0 Å². The molecule has 2 aromatic rings. The summed E-state index contributed by atoms with van der Waals surface area (Å²) in [5, 5.41) is 23.6. The Morgan fingerprint density at radius 2 is 2.00 bits per heavy atom. The maximum atomic E-state index is 11.9. The van der Waals surface area contributed by atoms with Crippen molar-refractivity contribution >= 4 is 43.4 Å². The number of hydrogen-bond acceptors (Lipinski definition) is 9. The lowest BCUT2D eigenvalue weighted by atomic mass is 10.3. The molecule has 10 nitrogen and oxygen atoms in total. The number of aromatic nitrogens is 3. The highest BCUT2D eigenvalue weighted by molar-refractivity contribution is 9.10. The van der Waals surface area contributed by atoms with Gasteiger partial charge in [-0.15, -0.1) is 0 Å². The monoisotopic (exact) mass is 446 g/mol. The zero-order chi connectivity index (χ0) is 19.2. The second kappa shape index (κ2) is 9.19. The molecule has 0 unspecified atom stereocenters. The average molecular weight is 447 g/mol. The molecule has 2 heterocycles. The van der Waals surface area contributed by atoms with Crippen LogP contribution in [-0.4, -0.2) is 59.4 Å². The molecule has 12 heteroatoms. The third kappa shape index (κ3) is 5.57. The predicted octanol–water partition coefficient (Wildman–Crippen LogP) is 0.441. The first-order valence-electron chi connectivity index (χ1n) is 7.59. The highest BCUT2D eigenvalue weighted by atomic mass is 79.9. The molecule has 2 aromatic heterocycles. The molecule has 142 valence electrons. The van der Waals surface area contributed by atoms with E-state index in [2.05, 4.69) is 46.2 Å². The summed E-state index contributed by atoms with van der Waals surface area (Å²) in [5.74, 6) is 0.779. The van der Waals surface area contributed by atoms with Crippen molar-refractivity contribution < 1.29 is 18.6 Å². The van der Waals surface area contributed by atoms with Crippen LogP contribution in [0.2, 0.25) is 0 Å². The Hall–Kier alpha value is -1.86. The van der Waals surface area contributed by atoms with E-state index >= 15 is 0 Å². The van der Waals surface area contributed by atoms with E-state index in [4.69, 9.17) is 10.2 Å². The largest absolute Gasteiger partial charge is 0.395 e.